The SMILES string of the molecule is O=C([O-])C[C@@H]1CCN(C(=O)c2ccnc(Cl)c2)C[C@@H]1CC[NH+]1CCN(c2ccc(F)cc2)CC1. The maximum absolute atomic E-state index is 13.2. The molecule has 1 aromatic carbocycles. The van der Waals surface area contributed by atoms with Crippen LogP contribution in [0.5, 0.6) is 0 Å². The summed E-state index contributed by atoms with van der Waals surface area (Å²) in [4.78, 5) is 33.8. The minimum absolute atomic E-state index is 0.00924. The lowest BCUT2D eigenvalue weighted by molar-refractivity contribution is -0.901. The third-order valence-corrected chi connectivity index (χ3v) is 7.32. The van der Waals surface area contributed by atoms with E-state index in [2.05, 4.69) is 9.88 Å². The van der Waals surface area contributed by atoms with Crippen molar-refractivity contribution in [1.82, 2.24) is 9.88 Å². The number of pyridine rings is 1. The van der Waals surface area contributed by atoms with E-state index in [-0.39, 0.29) is 35.1 Å². The Labute approximate surface area is 204 Å². The highest BCUT2D eigenvalue weighted by molar-refractivity contribution is 6.29. The number of quaternary nitrogens is 1. The first-order valence-corrected chi connectivity index (χ1v) is 12.2. The molecular weight excluding hydrogens is 459 g/mol. The molecule has 9 heteroatoms. The molecule has 3 heterocycles. The zero-order valence-corrected chi connectivity index (χ0v) is 19.8. The number of hydrogen-bond donors (Lipinski definition) is 1. The number of rotatable bonds is 7. The number of nitrogens with one attached hydrogen (secondary N) is 1. The number of piperazine rings is 1. The van der Waals surface area contributed by atoms with Crippen molar-refractivity contribution in [3.8, 4) is 0 Å². The van der Waals surface area contributed by atoms with Crippen LogP contribution in [-0.2, 0) is 4.79 Å². The number of benzene rings is 1. The lowest BCUT2D eigenvalue weighted by Crippen LogP contribution is -3.15. The summed E-state index contributed by atoms with van der Waals surface area (Å²) in [7, 11) is 0. The number of nitrogens with zero attached hydrogens (tertiary/aromatic N) is 3. The van der Waals surface area contributed by atoms with E-state index < -0.39 is 5.97 Å². The van der Waals surface area contributed by atoms with Crippen LogP contribution in [-0.4, -0.2) is 67.6 Å². The predicted octanol–water partition coefficient (Wildman–Crippen LogP) is 0.888. The van der Waals surface area contributed by atoms with E-state index in [0.717, 1.165) is 44.8 Å². The molecule has 4 rings (SSSR count). The molecule has 2 aliphatic heterocycles. The molecule has 2 saturated heterocycles. The molecular formula is C25H30ClFN4O3. The van der Waals surface area contributed by atoms with E-state index in [4.69, 9.17) is 11.6 Å². The Morgan fingerprint density at radius 2 is 1.85 bits per heavy atom. The highest BCUT2D eigenvalue weighted by atomic mass is 35.5. The second-order valence-electron chi connectivity index (χ2n) is 9.26. The summed E-state index contributed by atoms with van der Waals surface area (Å²) < 4.78 is 13.2. The number of aliphatic carboxylic acids is 1. The molecule has 1 amide bonds. The maximum Gasteiger partial charge on any atom is 0.254 e. The molecule has 2 fully saturated rings. The van der Waals surface area contributed by atoms with Crippen LogP contribution < -0.4 is 14.9 Å². The van der Waals surface area contributed by atoms with Crippen LogP contribution in [0.2, 0.25) is 5.15 Å². The molecule has 34 heavy (non-hydrogen) atoms. The molecule has 0 aliphatic carbocycles. The number of likely N-dealkylation sites (tertiary alicyclic amines) is 1. The molecule has 0 saturated carbocycles. The van der Waals surface area contributed by atoms with Crippen molar-refractivity contribution < 1.29 is 24.0 Å². The molecule has 2 atom stereocenters. The van der Waals surface area contributed by atoms with Crippen LogP contribution in [0, 0.1) is 17.7 Å². The molecule has 1 aromatic heterocycles. The van der Waals surface area contributed by atoms with E-state index in [1.807, 2.05) is 17.0 Å². The normalized spacial score (nSPS) is 21.5. The van der Waals surface area contributed by atoms with Crippen LogP contribution in [0.25, 0.3) is 0 Å². The summed E-state index contributed by atoms with van der Waals surface area (Å²) in [5.74, 6) is -1.24. The van der Waals surface area contributed by atoms with Gasteiger partial charge in [-0.3, -0.25) is 4.79 Å². The van der Waals surface area contributed by atoms with E-state index in [9.17, 15) is 19.1 Å². The van der Waals surface area contributed by atoms with Gasteiger partial charge in [-0.1, -0.05) is 11.6 Å². The Morgan fingerprint density at radius 1 is 1.12 bits per heavy atom. The van der Waals surface area contributed by atoms with Crippen molar-refractivity contribution in [2.75, 3.05) is 50.7 Å². The average Bonchev–Trinajstić information content (AvgIpc) is 2.83. The highest BCUT2D eigenvalue weighted by Gasteiger charge is 2.33. The fourth-order valence-corrected chi connectivity index (χ4v) is 5.34. The number of piperidine rings is 1. The minimum Gasteiger partial charge on any atom is -0.550 e. The van der Waals surface area contributed by atoms with Gasteiger partial charge in [0.05, 0.1) is 32.7 Å². The third kappa shape index (κ3) is 6.24. The molecule has 7 nitrogen and oxygen atoms in total. The van der Waals surface area contributed by atoms with Crippen molar-refractivity contribution in [3.63, 3.8) is 0 Å². The molecule has 0 radical (unpaired) electrons. The highest BCUT2D eigenvalue weighted by Crippen LogP contribution is 2.29. The first-order valence-electron chi connectivity index (χ1n) is 11.8. The lowest BCUT2D eigenvalue weighted by atomic mass is 9.81. The number of halogens is 2. The van der Waals surface area contributed by atoms with Gasteiger partial charge in [-0.05, 0) is 61.1 Å². The van der Waals surface area contributed by atoms with Gasteiger partial charge in [0.1, 0.15) is 11.0 Å². The van der Waals surface area contributed by atoms with Gasteiger partial charge in [-0.15, -0.1) is 0 Å². The summed E-state index contributed by atoms with van der Waals surface area (Å²) in [5, 5.41) is 11.6. The van der Waals surface area contributed by atoms with Gasteiger partial charge in [0.25, 0.3) is 5.91 Å². The van der Waals surface area contributed by atoms with E-state index >= 15 is 0 Å². The standard InChI is InChI=1S/C25H30ClFN4O3/c26-23-15-19(5-8-28-23)25(34)31-10-7-18(16-24(32)33)20(17-31)6-9-29-11-13-30(14-12-29)22-3-1-21(27)2-4-22/h1-5,8,15,18,20H,6-7,9-14,16-17H2,(H,32,33)/t18-,20-/m0/s1. The Balaban J connectivity index is 1.33. The van der Waals surface area contributed by atoms with Gasteiger partial charge in [0.15, 0.2) is 0 Å². The molecule has 2 aliphatic rings. The van der Waals surface area contributed by atoms with Gasteiger partial charge in [0, 0.05) is 42.9 Å². The van der Waals surface area contributed by atoms with Crippen molar-refractivity contribution in [2.45, 2.75) is 19.3 Å². The zero-order valence-electron chi connectivity index (χ0n) is 19.1. The summed E-state index contributed by atoms with van der Waals surface area (Å²) in [5.41, 5.74) is 1.53. The van der Waals surface area contributed by atoms with Crippen molar-refractivity contribution in [1.29, 1.82) is 0 Å². The molecule has 2 aromatic rings. The second-order valence-corrected chi connectivity index (χ2v) is 9.64. The summed E-state index contributed by atoms with van der Waals surface area (Å²) >= 11 is 5.95. The first kappa shape index (κ1) is 24.4. The fourth-order valence-electron chi connectivity index (χ4n) is 5.17. The second kappa shape index (κ2) is 11.1. The van der Waals surface area contributed by atoms with E-state index in [0.29, 0.717) is 25.1 Å². The topological polar surface area (TPSA) is 81.0 Å². The van der Waals surface area contributed by atoms with Crippen molar-refractivity contribution in [3.05, 3.63) is 59.1 Å². The zero-order chi connectivity index (χ0) is 24.1. The van der Waals surface area contributed by atoms with Crippen LogP contribution in [0.15, 0.2) is 42.6 Å². The number of carbonyl (C=O) groups excluding carboxylic acids is 2. The summed E-state index contributed by atoms with van der Waals surface area (Å²) in [6.07, 6.45) is 3.05. The van der Waals surface area contributed by atoms with Crippen LogP contribution in [0.4, 0.5) is 10.1 Å². The van der Waals surface area contributed by atoms with Gasteiger partial charge in [-0.2, -0.15) is 0 Å². The monoisotopic (exact) mass is 488 g/mol. The van der Waals surface area contributed by atoms with Gasteiger partial charge in [0.2, 0.25) is 0 Å². The number of amides is 1. The number of carbonyl (C=O) groups is 2. The minimum atomic E-state index is -1.03. The smallest absolute Gasteiger partial charge is 0.254 e. The van der Waals surface area contributed by atoms with Crippen LogP contribution >= 0.6 is 11.6 Å². The van der Waals surface area contributed by atoms with Gasteiger partial charge < -0.3 is 24.6 Å². The maximum atomic E-state index is 13.2. The third-order valence-electron chi connectivity index (χ3n) is 7.11. The Bertz CT molecular complexity index is 998. The summed E-state index contributed by atoms with van der Waals surface area (Å²) in [6.45, 7) is 5.70. The largest absolute Gasteiger partial charge is 0.550 e. The first-order chi connectivity index (χ1) is 16.4. The average molecular weight is 489 g/mol. The van der Waals surface area contributed by atoms with Crippen LogP contribution in [0.3, 0.4) is 0 Å². The Morgan fingerprint density at radius 3 is 2.53 bits per heavy atom. The van der Waals surface area contributed by atoms with Gasteiger partial charge in [-0.25, -0.2) is 9.37 Å². The number of hydrogen-bond acceptors (Lipinski definition) is 5. The molecule has 1 N–H and O–H groups in total. The lowest BCUT2D eigenvalue weighted by Gasteiger charge is -2.40. The number of aromatic nitrogens is 1. The quantitative estimate of drug-likeness (QED) is 0.585. The summed E-state index contributed by atoms with van der Waals surface area (Å²) in [6, 6.07) is 9.82. The fraction of sp³-hybridized carbons (Fsp3) is 0.480. The van der Waals surface area contributed by atoms with Gasteiger partial charge >= 0.3 is 0 Å². The number of carboxylic acids is 1. The Hall–Kier alpha value is -2.71. The predicted molar refractivity (Wildman–Crippen MR) is 125 cm³/mol. The van der Waals surface area contributed by atoms with Crippen molar-refractivity contribution >= 4 is 29.2 Å². The molecule has 0 unspecified atom stereocenters. The molecule has 0 spiro atoms. The molecule has 0 bridgehead atoms. The number of anilines is 1. The van der Waals surface area contributed by atoms with Crippen molar-refractivity contribution in [2.24, 2.45) is 11.8 Å². The van der Waals surface area contributed by atoms with E-state index in [1.165, 1.54) is 23.2 Å². The molecule has 182 valence electrons. The van der Waals surface area contributed by atoms with Crippen LogP contribution in [0.1, 0.15) is 29.6 Å². The number of carboxylic acid groups (broad SMARTS) is 1. The van der Waals surface area contributed by atoms with E-state index in [1.54, 1.807) is 12.1 Å². The Kier molecular flexibility index (Phi) is 8.00.